The third-order valence-electron chi connectivity index (χ3n) is 10.7. The SMILES string of the molecule is CC/C=C\C/C=C\C/C=C\C/C=C\C/C=C\CCCC(=O)OC[C@H](COP(=O)(O)OC1C(O)C(O)C(O)[C@@H](O)C1O)OC(=O)CCCCCCCCCCC/C=C\C/C=C\CCCCC. The van der Waals surface area contributed by atoms with Crippen molar-refractivity contribution in [2.75, 3.05) is 13.2 Å². The van der Waals surface area contributed by atoms with Gasteiger partial charge in [0.05, 0.1) is 6.61 Å². The van der Waals surface area contributed by atoms with Crippen LogP contribution in [0.2, 0.25) is 0 Å². The van der Waals surface area contributed by atoms with Crippen molar-refractivity contribution in [3.63, 3.8) is 0 Å². The summed E-state index contributed by atoms with van der Waals surface area (Å²) in [7, 11) is -5.14. The molecule has 0 aromatic carbocycles. The Morgan fingerprint density at radius 2 is 0.892 bits per heavy atom. The van der Waals surface area contributed by atoms with Gasteiger partial charge in [-0.3, -0.25) is 18.6 Å². The molecular formula is C51H85O13P. The number of unbranched alkanes of at least 4 members (excludes halogenated alkanes) is 13. The van der Waals surface area contributed by atoms with Gasteiger partial charge >= 0.3 is 19.8 Å². The van der Waals surface area contributed by atoms with Crippen molar-refractivity contribution in [2.45, 2.75) is 211 Å². The van der Waals surface area contributed by atoms with E-state index < -0.39 is 75.7 Å². The number of hydrogen-bond acceptors (Lipinski definition) is 12. The minimum Gasteiger partial charge on any atom is -0.462 e. The van der Waals surface area contributed by atoms with E-state index in [1.165, 1.54) is 51.4 Å². The molecule has 372 valence electrons. The molecule has 1 aliphatic rings. The minimum absolute atomic E-state index is 0.0751. The number of aliphatic hydroxyl groups excluding tert-OH is 5. The first-order valence-corrected chi connectivity index (χ1v) is 25.9. The number of rotatable bonds is 39. The van der Waals surface area contributed by atoms with Crippen molar-refractivity contribution in [1.29, 1.82) is 0 Å². The van der Waals surface area contributed by atoms with E-state index in [1.807, 2.05) is 12.2 Å². The summed E-state index contributed by atoms with van der Waals surface area (Å²) in [5, 5.41) is 50.2. The van der Waals surface area contributed by atoms with Crippen molar-refractivity contribution in [3.05, 3.63) is 85.1 Å². The van der Waals surface area contributed by atoms with Crippen LogP contribution in [-0.2, 0) is 32.7 Å². The summed E-state index contributed by atoms with van der Waals surface area (Å²) in [6.45, 7) is 3.11. The molecule has 6 unspecified atom stereocenters. The highest BCUT2D eigenvalue weighted by Crippen LogP contribution is 2.47. The normalized spacial score (nSPS) is 22.2. The summed E-state index contributed by atoms with van der Waals surface area (Å²) >= 11 is 0. The molecule has 0 aliphatic heterocycles. The molecule has 14 heteroatoms. The van der Waals surface area contributed by atoms with Gasteiger partial charge in [0, 0.05) is 12.8 Å². The first kappa shape index (κ1) is 60.0. The van der Waals surface area contributed by atoms with Gasteiger partial charge in [-0.25, -0.2) is 4.57 Å². The number of aliphatic hydroxyl groups is 5. The van der Waals surface area contributed by atoms with Gasteiger partial charge in [0.15, 0.2) is 6.10 Å². The van der Waals surface area contributed by atoms with E-state index in [4.69, 9.17) is 18.5 Å². The minimum atomic E-state index is -5.14. The molecule has 65 heavy (non-hydrogen) atoms. The number of ether oxygens (including phenoxy) is 2. The molecule has 1 aliphatic carbocycles. The van der Waals surface area contributed by atoms with Crippen LogP contribution in [0.3, 0.4) is 0 Å². The van der Waals surface area contributed by atoms with Gasteiger partial charge in [0.1, 0.15) is 43.2 Å². The zero-order valence-electron chi connectivity index (χ0n) is 39.5. The molecule has 1 saturated carbocycles. The van der Waals surface area contributed by atoms with E-state index in [0.717, 1.165) is 70.6 Å². The molecule has 0 aromatic heterocycles. The molecule has 0 aromatic rings. The number of esters is 2. The fourth-order valence-electron chi connectivity index (χ4n) is 6.82. The lowest BCUT2D eigenvalue weighted by atomic mass is 9.85. The molecular weight excluding hydrogens is 852 g/mol. The fourth-order valence-corrected chi connectivity index (χ4v) is 7.80. The Bertz CT molecular complexity index is 1460. The lowest BCUT2D eigenvalue weighted by Gasteiger charge is -2.41. The predicted octanol–water partition coefficient (Wildman–Crippen LogP) is 10.1. The van der Waals surface area contributed by atoms with Gasteiger partial charge in [-0.05, 0) is 83.5 Å². The Kier molecular flexibility index (Phi) is 37.1. The van der Waals surface area contributed by atoms with Crippen molar-refractivity contribution in [1.82, 2.24) is 0 Å². The van der Waals surface area contributed by atoms with E-state index in [9.17, 15) is 44.6 Å². The Labute approximate surface area is 390 Å². The standard InChI is InChI=1S/C51H85O13P/c1-3-5-7-9-11-13-15-17-19-21-22-24-26-28-30-32-34-36-38-40-45(53)63-43(42-62-65(59,60)64-51-49(57)47(55)46(54)48(56)50(51)58)41-61-44(52)39-37-35-33-31-29-27-25-23-20-18-16-14-12-10-8-6-4-2/h6,8,11-14,17-20,25,27,31,33,43,46-51,54-58H,3-5,7,9-10,15-16,21-24,26,28-30,32,34-42H2,1-2H3,(H,59,60)/b8-6-,13-11-,14-12-,19-17-,20-18-,27-25-,33-31-/t43-,46?,47-,48?,49?,50?,51?/m1/s1. The van der Waals surface area contributed by atoms with Gasteiger partial charge in [-0.15, -0.1) is 0 Å². The van der Waals surface area contributed by atoms with Crippen molar-refractivity contribution in [2.24, 2.45) is 0 Å². The molecule has 0 saturated heterocycles. The zero-order chi connectivity index (χ0) is 47.8. The Morgan fingerprint density at radius 1 is 0.492 bits per heavy atom. The molecule has 0 radical (unpaired) electrons. The number of carbonyl (C=O) groups excluding carboxylic acids is 2. The third kappa shape index (κ3) is 32.4. The molecule has 0 amide bonds. The number of phosphoric acid groups is 1. The Hall–Kier alpha value is -2.97. The number of allylic oxidation sites excluding steroid dienone is 14. The highest BCUT2D eigenvalue weighted by molar-refractivity contribution is 7.47. The van der Waals surface area contributed by atoms with Crippen LogP contribution in [0.15, 0.2) is 85.1 Å². The lowest BCUT2D eigenvalue weighted by molar-refractivity contribution is -0.220. The van der Waals surface area contributed by atoms with Crippen LogP contribution in [0.25, 0.3) is 0 Å². The molecule has 8 atom stereocenters. The summed E-state index contributed by atoms with van der Waals surface area (Å²) < 4.78 is 33.5. The van der Waals surface area contributed by atoms with Gasteiger partial charge in [-0.2, -0.15) is 0 Å². The molecule has 0 heterocycles. The molecule has 1 rings (SSSR count). The third-order valence-corrected chi connectivity index (χ3v) is 11.7. The van der Waals surface area contributed by atoms with Crippen LogP contribution in [-0.4, -0.2) is 98.3 Å². The van der Waals surface area contributed by atoms with Crippen LogP contribution in [0.4, 0.5) is 0 Å². The summed E-state index contributed by atoms with van der Waals surface area (Å²) in [6, 6.07) is 0. The average Bonchev–Trinajstić information content (AvgIpc) is 3.29. The lowest BCUT2D eigenvalue weighted by Crippen LogP contribution is -2.64. The first-order valence-electron chi connectivity index (χ1n) is 24.4. The second-order valence-electron chi connectivity index (χ2n) is 16.6. The Morgan fingerprint density at radius 3 is 1.38 bits per heavy atom. The van der Waals surface area contributed by atoms with Crippen molar-refractivity contribution < 1.29 is 63.1 Å². The van der Waals surface area contributed by atoms with Gasteiger partial charge in [0.25, 0.3) is 0 Å². The average molecular weight is 937 g/mol. The number of hydrogen-bond donors (Lipinski definition) is 6. The first-order chi connectivity index (χ1) is 31.4. The number of phosphoric ester groups is 1. The molecule has 6 N–H and O–H groups in total. The molecule has 1 fully saturated rings. The highest BCUT2D eigenvalue weighted by Gasteiger charge is 2.51. The fraction of sp³-hybridized carbons (Fsp3) is 0.686. The second-order valence-corrected chi connectivity index (χ2v) is 18.0. The molecule has 0 bridgehead atoms. The maximum Gasteiger partial charge on any atom is 0.472 e. The van der Waals surface area contributed by atoms with E-state index >= 15 is 0 Å². The van der Waals surface area contributed by atoms with Gasteiger partial charge in [-0.1, -0.05) is 157 Å². The molecule has 0 spiro atoms. The van der Waals surface area contributed by atoms with Crippen LogP contribution in [0, 0.1) is 0 Å². The van der Waals surface area contributed by atoms with Crippen LogP contribution < -0.4 is 0 Å². The summed E-state index contributed by atoms with van der Waals surface area (Å²) in [6.07, 6.45) is 39.2. The summed E-state index contributed by atoms with van der Waals surface area (Å²) in [4.78, 5) is 35.8. The van der Waals surface area contributed by atoms with Gasteiger partial charge in [0.2, 0.25) is 0 Å². The largest absolute Gasteiger partial charge is 0.472 e. The molecule has 13 nitrogen and oxygen atoms in total. The van der Waals surface area contributed by atoms with Crippen molar-refractivity contribution >= 4 is 19.8 Å². The Balaban J connectivity index is 2.47. The smallest absolute Gasteiger partial charge is 0.462 e. The summed E-state index contributed by atoms with van der Waals surface area (Å²) in [5.74, 6) is -1.18. The van der Waals surface area contributed by atoms with E-state index in [-0.39, 0.29) is 12.8 Å². The highest BCUT2D eigenvalue weighted by atomic mass is 31.2. The van der Waals surface area contributed by atoms with Crippen LogP contribution in [0.5, 0.6) is 0 Å². The zero-order valence-corrected chi connectivity index (χ0v) is 40.4. The maximum absolute atomic E-state index is 12.8. The van der Waals surface area contributed by atoms with Crippen LogP contribution >= 0.6 is 7.82 Å². The van der Waals surface area contributed by atoms with Gasteiger partial charge < -0.3 is 39.9 Å². The van der Waals surface area contributed by atoms with E-state index in [1.54, 1.807) is 0 Å². The number of carbonyl (C=O) groups is 2. The summed E-state index contributed by atoms with van der Waals surface area (Å²) in [5.41, 5.74) is 0. The van der Waals surface area contributed by atoms with E-state index in [2.05, 4.69) is 86.8 Å². The predicted molar refractivity (Wildman–Crippen MR) is 258 cm³/mol. The topological polar surface area (TPSA) is 210 Å². The quantitative estimate of drug-likeness (QED) is 0.0147. The van der Waals surface area contributed by atoms with Crippen LogP contribution in [0.1, 0.15) is 168 Å². The maximum atomic E-state index is 12.8. The second kappa shape index (κ2) is 40.1. The monoisotopic (exact) mass is 937 g/mol. The van der Waals surface area contributed by atoms with Crippen molar-refractivity contribution in [3.8, 4) is 0 Å². The van der Waals surface area contributed by atoms with E-state index in [0.29, 0.717) is 19.3 Å².